The van der Waals surface area contributed by atoms with Gasteiger partial charge in [0.2, 0.25) is 5.95 Å². The van der Waals surface area contributed by atoms with E-state index in [0.29, 0.717) is 31.9 Å². The predicted molar refractivity (Wildman–Crippen MR) is 86.5 cm³/mol. The average Bonchev–Trinajstić information content (AvgIpc) is 2.58. The maximum atomic E-state index is 13.9. The molecule has 0 aliphatic carbocycles. The summed E-state index contributed by atoms with van der Waals surface area (Å²) in [5.41, 5.74) is 0.210. The Hall–Kier alpha value is -2.83. The van der Waals surface area contributed by atoms with Gasteiger partial charge in [0.15, 0.2) is 0 Å². The van der Waals surface area contributed by atoms with E-state index in [0.717, 1.165) is 6.07 Å². The van der Waals surface area contributed by atoms with Crippen LogP contribution >= 0.6 is 0 Å². The molecule has 2 heterocycles. The Balaban J connectivity index is 1.70. The molecule has 6 nitrogen and oxygen atoms in total. The van der Waals surface area contributed by atoms with Crippen LogP contribution in [0.2, 0.25) is 0 Å². The Labute approximate surface area is 138 Å². The number of carbonyl (C=O) groups is 2. The maximum absolute atomic E-state index is 13.9. The van der Waals surface area contributed by atoms with Gasteiger partial charge in [-0.3, -0.25) is 9.59 Å². The van der Waals surface area contributed by atoms with Crippen LogP contribution in [0.1, 0.15) is 27.6 Å². The number of anilines is 1. The van der Waals surface area contributed by atoms with Crippen LogP contribution in [-0.2, 0) is 0 Å². The summed E-state index contributed by atoms with van der Waals surface area (Å²) in [4.78, 5) is 35.3. The molecule has 0 radical (unpaired) electrons. The average molecular weight is 328 g/mol. The van der Waals surface area contributed by atoms with Gasteiger partial charge in [-0.25, -0.2) is 14.4 Å². The van der Waals surface area contributed by atoms with E-state index in [1.807, 2.05) is 11.8 Å². The van der Waals surface area contributed by atoms with Gasteiger partial charge >= 0.3 is 0 Å². The number of aromatic nitrogens is 2. The molecule has 0 atom stereocenters. The van der Waals surface area contributed by atoms with Crippen molar-refractivity contribution in [1.82, 2.24) is 14.9 Å². The standard InChI is InChI=1S/C17H17FN4O2/c1-2-22(17-19-6-3-7-20-17)13-9-21(10-13)16(24)14-8-12(11-23)4-5-15(14)18/h3-8,11,13H,2,9-10H2,1H3. The van der Waals surface area contributed by atoms with Crippen molar-refractivity contribution in [3.8, 4) is 0 Å². The third-order valence-corrected chi connectivity index (χ3v) is 4.10. The molecule has 0 N–H and O–H groups in total. The van der Waals surface area contributed by atoms with Crippen LogP contribution in [0.4, 0.5) is 10.3 Å². The summed E-state index contributed by atoms with van der Waals surface area (Å²) in [6, 6.07) is 5.62. The molecule has 1 aliphatic heterocycles. The number of nitrogens with zero attached hydrogens (tertiary/aromatic N) is 4. The second-order valence-electron chi connectivity index (χ2n) is 5.56. The lowest BCUT2D eigenvalue weighted by Gasteiger charge is -2.45. The van der Waals surface area contributed by atoms with E-state index in [1.54, 1.807) is 23.4 Å². The predicted octanol–water partition coefficient (Wildman–Crippen LogP) is 1.78. The number of amides is 1. The number of hydrogen-bond acceptors (Lipinski definition) is 5. The van der Waals surface area contributed by atoms with Crippen molar-refractivity contribution in [1.29, 1.82) is 0 Å². The highest BCUT2D eigenvalue weighted by molar-refractivity contribution is 5.96. The van der Waals surface area contributed by atoms with Crippen molar-refractivity contribution in [2.45, 2.75) is 13.0 Å². The molecule has 2 aromatic rings. The van der Waals surface area contributed by atoms with Gasteiger partial charge in [-0.05, 0) is 31.2 Å². The van der Waals surface area contributed by atoms with Crippen LogP contribution in [0.15, 0.2) is 36.7 Å². The highest BCUT2D eigenvalue weighted by atomic mass is 19.1. The van der Waals surface area contributed by atoms with Gasteiger partial charge in [-0.1, -0.05) is 0 Å². The first-order valence-corrected chi connectivity index (χ1v) is 7.71. The summed E-state index contributed by atoms with van der Waals surface area (Å²) >= 11 is 0. The first-order valence-electron chi connectivity index (χ1n) is 7.71. The van der Waals surface area contributed by atoms with Crippen LogP contribution in [-0.4, -0.2) is 52.7 Å². The van der Waals surface area contributed by atoms with Crippen molar-refractivity contribution in [2.75, 3.05) is 24.5 Å². The largest absolute Gasteiger partial charge is 0.335 e. The Morgan fingerprint density at radius 1 is 1.38 bits per heavy atom. The molecule has 1 fully saturated rings. The molecule has 1 aromatic heterocycles. The number of rotatable bonds is 5. The first kappa shape index (κ1) is 16.0. The van der Waals surface area contributed by atoms with Gasteiger partial charge in [0, 0.05) is 37.6 Å². The van der Waals surface area contributed by atoms with Crippen LogP contribution in [0.25, 0.3) is 0 Å². The van der Waals surface area contributed by atoms with Gasteiger partial charge in [0.05, 0.1) is 11.6 Å². The molecule has 1 aromatic carbocycles. The SMILES string of the molecule is CCN(c1ncccn1)C1CN(C(=O)c2cc(C=O)ccc2F)C1. The number of likely N-dealkylation sites (N-methyl/N-ethyl adjacent to an activating group) is 1. The summed E-state index contributed by atoms with van der Waals surface area (Å²) in [5.74, 6) is -0.406. The molecule has 24 heavy (non-hydrogen) atoms. The number of hydrogen-bond donors (Lipinski definition) is 0. The number of halogens is 1. The quantitative estimate of drug-likeness (QED) is 0.783. The third-order valence-electron chi connectivity index (χ3n) is 4.10. The Bertz CT molecular complexity index is 748. The summed E-state index contributed by atoms with van der Waals surface area (Å²) in [6.45, 7) is 3.64. The molecule has 124 valence electrons. The van der Waals surface area contributed by atoms with E-state index in [1.165, 1.54) is 12.1 Å². The van der Waals surface area contributed by atoms with E-state index in [4.69, 9.17) is 0 Å². The minimum absolute atomic E-state index is 0.0722. The van der Waals surface area contributed by atoms with Gasteiger partial charge < -0.3 is 9.80 Å². The summed E-state index contributed by atoms with van der Waals surface area (Å²) in [6.07, 6.45) is 3.94. The molecule has 1 saturated heterocycles. The summed E-state index contributed by atoms with van der Waals surface area (Å²) in [5, 5.41) is 0. The first-order chi connectivity index (χ1) is 11.6. The van der Waals surface area contributed by atoms with Crippen molar-refractivity contribution in [3.63, 3.8) is 0 Å². The van der Waals surface area contributed by atoms with Crippen molar-refractivity contribution < 1.29 is 14.0 Å². The zero-order valence-electron chi connectivity index (χ0n) is 13.2. The molecule has 1 aliphatic rings. The highest BCUT2D eigenvalue weighted by Crippen LogP contribution is 2.22. The minimum atomic E-state index is -0.618. The van der Waals surface area contributed by atoms with Gasteiger partial charge in [0.1, 0.15) is 12.1 Å². The highest BCUT2D eigenvalue weighted by Gasteiger charge is 2.36. The molecule has 3 rings (SSSR count). The van der Waals surface area contributed by atoms with E-state index in [9.17, 15) is 14.0 Å². The fourth-order valence-electron chi connectivity index (χ4n) is 2.77. The second kappa shape index (κ2) is 6.74. The van der Waals surface area contributed by atoms with Crippen molar-refractivity contribution in [3.05, 3.63) is 53.6 Å². The molecule has 0 saturated carbocycles. The fraction of sp³-hybridized carbons (Fsp3) is 0.294. The van der Waals surface area contributed by atoms with Gasteiger partial charge in [-0.2, -0.15) is 0 Å². The molecule has 0 unspecified atom stereocenters. The van der Waals surface area contributed by atoms with Crippen molar-refractivity contribution >= 4 is 18.1 Å². The number of aldehydes is 1. The molecule has 0 spiro atoms. The molecular weight excluding hydrogens is 311 g/mol. The van der Waals surface area contributed by atoms with E-state index < -0.39 is 11.7 Å². The monoisotopic (exact) mass is 328 g/mol. The van der Waals surface area contributed by atoms with E-state index >= 15 is 0 Å². The maximum Gasteiger partial charge on any atom is 0.256 e. The Kier molecular flexibility index (Phi) is 4.50. The summed E-state index contributed by atoms with van der Waals surface area (Å²) < 4.78 is 13.9. The van der Waals surface area contributed by atoms with Crippen molar-refractivity contribution in [2.24, 2.45) is 0 Å². The van der Waals surface area contributed by atoms with Crippen LogP contribution in [0.3, 0.4) is 0 Å². The number of likely N-dealkylation sites (tertiary alicyclic amines) is 1. The zero-order valence-corrected chi connectivity index (χ0v) is 13.2. The van der Waals surface area contributed by atoms with Gasteiger partial charge in [0.25, 0.3) is 5.91 Å². The minimum Gasteiger partial charge on any atom is -0.335 e. The number of carbonyl (C=O) groups excluding carboxylic acids is 2. The van der Waals surface area contributed by atoms with Crippen LogP contribution < -0.4 is 4.90 Å². The lowest BCUT2D eigenvalue weighted by atomic mass is 10.0. The second-order valence-corrected chi connectivity index (χ2v) is 5.56. The lowest BCUT2D eigenvalue weighted by Crippen LogP contribution is -2.61. The van der Waals surface area contributed by atoms with E-state index in [-0.39, 0.29) is 17.2 Å². The normalized spacial score (nSPS) is 14.2. The summed E-state index contributed by atoms with van der Waals surface area (Å²) in [7, 11) is 0. The number of benzene rings is 1. The zero-order chi connectivity index (χ0) is 17.1. The third kappa shape index (κ3) is 2.97. The smallest absolute Gasteiger partial charge is 0.256 e. The van der Waals surface area contributed by atoms with Gasteiger partial charge in [-0.15, -0.1) is 0 Å². The van der Waals surface area contributed by atoms with Crippen LogP contribution in [0, 0.1) is 5.82 Å². The molecule has 0 bridgehead atoms. The molecule has 7 heteroatoms. The fourth-order valence-corrected chi connectivity index (χ4v) is 2.77. The molecule has 1 amide bonds. The van der Waals surface area contributed by atoms with E-state index in [2.05, 4.69) is 9.97 Å². The molecular formula is C17H17FN4O2. The lowest BCUT2D eigenvalue weighted by molar-refractivity contribution is 0.0593. The topological polar surface area (TPSA) is 66.4 Å². The Morgan fingerprint density at radius 3 is 2.71 bits per heavy atom. The Morgan fingerprint density at radius 2 is 2.08 bits per heavy atom. The van der Waals surface area contributed by atoms with Crippen LogP contribution in [0.5, 0.6) is 0 Å².